The lowest BCUT2D eigenvalue weighted by atomic mass is 10.1. The third-order valence-corrected chi connectivity index (χ3v) is 3.07. The first-order valence-electron chi connectivity index (χ1n) is 5.89. The van der Waals surface area contributed by atoms with Crippen molar-refractivity contribution in [2.75, 3.05) is 6.61 Å². The fraction of sp³-hybridized carbons (Fsp3) is 0.462. The molecule has 0 saturated heterocycles. The van der Waals surface area contributed by atoms with Crippen molar-refractivity contribution in [1.82, 2.24) is 0 Å². The van der Waals surface area contributed by atoms with Gasteiger partial charge in [-0.2, -0.15) is 13.2 Å². The highest BCUT2D eigenvalue weighted by atomic mass is 19.4. The second-order valence-electron chi connectivity index (χ2n) is 4.57. The lowest BCUT2D eigenvalue weighted by molar-refractivity contribution is -0.140. The molecule has 0 aliphatic heterocycles. The van der Waals surface area contributed by atoms with Crippen LogP contribution >= 0.6 is 0 Å². The number of rotatable bonds is 5. The number of carboxylic acid groups (broad SMARTS) is 1. The van der Waals surface area contributed by atoms with Gasteiger partial charge in [-0.1, -0.05) is 12.1 Å². The van der Waals surface area contributed by atoms with E-state index < -0.39 is 25.2 Å². The molecule has 1 saturated carbocycles. The molecule has 1 aliphatic rings. The molecule has 0 aromatic heterocycles. The Labute approximate surface area is 108 Å². The first-order valence-corrected chi connectivity index (χ1v) is 5.89. The molecule has 2 atom stereocenters. The fourth-order valence-corrected chi connectivity index (χ4v) is 1.93. The molecular formula is C13H13F3O3. The quantitative estimate of drug-likeness (QED) is 0.896. The summed E-state index contributed by atoms with van der Waals surface area (Å²) < 4.78 is 40.7. The SMILES string of the molecule is O=C(O)[C@@H]1C[C@@H]1c1ccc(OCCC(F)(F)F)cc1. The van der Waals surface area contributed by atoms with Gasteiger partial charge in [-0.15, -0.1) is 0 Å². The smallest absolute Gasteiger partial charge is 0.392 e. The standard InChI is InChI=1S/C13H13F3O3/c14-13(15,16)5-6-19-9-3-1-8(2-4-9)10-7-11(10)12(17)18/h1-4,10-11H,5-7H2,(H,17,18)/t10-,11-/m1/s1. The Morgan fingerprint density at radius 1 is 1.32 bits per heavy atom. The predicted octanol–water partition coefficient (Wildman–Crippen LogP) is 3.21. The van der Waals surface area contributed by atoms with Crippen molar-refractivity contribution in [3.63, 3.8) is 0 Å². The van der Waals surface area contributed by atoms with Crippen LogP contribution in [0.3, 0.4) is 0 Å². The van der Waals surface area contributed by atoms with E-state index in [1.165, 1.54) is 0 Å². The molecule has 0 amide bonds. The Balaban J connectivity index is 1.84. The van der Waals surface area contributed by atoms with Gasteiger partial charge in [0.05, 0.1) is 18.9 Å². The van der Waals surface area contributed by atoms with E-state index in [0.29, 0.717) is 12.2 Å². The molecular weight excluding hydrogens is 261 g/mol. The molecule has 3 nitrogen and oxygen atoms in total. The van der Waals surface area contributed by atoms with Gasteiger partial charge >= 0.3 is 12.1 Å². The number of hydrogen-bond acceptors (Lipinski definition) is 2. The molecule has 1 fully saturated rings. The Kier molecular flexibility index (Phi) is 3.68. The maximum atomic E-state index is 11.9. The monoisotopic (exact) mass is 274 g/mol. The zero-order valence-electron chi connectivity index (χ0n) is 9.98. The molecule has 0 radical (unpaired) electrons. The summed E-state index contributed by atoms with van der Waals surface area (Å²) in [5.41, 5.74) is 0.885. The number of hydrogen-bond donors (Lipinski definition) is 1. The number of alkyl halides is 3. The maximum Gasteiger partial charge on any atom is 0.392 e. The number of ether oxygens (including phenoxy) is 1. The van der Waals surface area contributed by atoms with Crippen molar-refractivity contribution in [3.8, 4) is 5.75 Å². The Morgan fingerprint density at radius 3 is 2.42 bits per heavy atom. The van der Waals surface area contributed by atoms with E-state index in [4.69, 9.17) is 9.84 Å². The minimum atomic E-state index is -4.22. The summed E-state index contributed by atoms with van der Waals surface area (Å²) in [6, 6.07) is 6.55. The van der Waals surface area contributed by atoms with Gasteiger partial charge in [0.15, 0.2) is 0 Å². The van der Waals surface area contributed by atoms with E-state index in [2.05, 4.69) is 0 Å². The van der Waals surface area contributed by atoms with Crippen molar-refractivity contribution in [1.29, 1.82) is 0 Å². The van der Waals surface area contributed by atoms with E-state index >= 15 is 0 Å². The molecule has 0 heterocycles. The molecule has 19 heavy (non-hydrogen) atoms. The highest BCUT2D eigenvalue weighted by Gasteiger charge is 2.44. The summed E-state index contributed by atoms with van der Waals surface area (Å²) in [5.74, 6) is -0.769. The van der Waals surface area contributed by atoms with Crippen LogP contribution in [0.1, 0.15) is 24.3 Å². The summed E-state index contributed by atoms with van der Waals surface area (Å²) in [6.07, 6.45) is -4.59. The average molecular weight is 274 g/mol. The third kappa shape index (κ3) is 3.87. The first-order chi connectivity index (χ1) is 8.87. The Hall–Kier alpha value is -1.72. The molecule has 0 unspecified atom stereocenters. The van der Waals surface area contributed by atoms with Gasteiger partial charge in [0.25, 0.3) is 0 Å². The van der Waals surface area contributed by atoms with Crippen molar-refractivity contribution in [3.05, 3.63) is 29.8 Å². The highest BCUT2D eigenvalue weighted by Crippen LogP contribution is 2.47. The van der Waals surface area contributed by atoms with Crippen LogP contribution in [0.2, 0.25) is 0 Å². The second kappa shape index (κ2) is 5.11. The Morgan fingerprint density at radius 2 is 1.95 bits per heavy atom. The van der Waals surface area contributed by atoms with Crippen LogP contribution in [-0.4, -0.2) is 23.9 Å². The number of carbonyl (C=O) groups is 1. The van der Waals surface area contributed by atoms with Crippen LogP contribution in [-0.2, 0) is 4.79 Å². The van der Waals surface area contributed by atoms with Crippen molar-refractivity contribution in [2.24, 2.45) is 5.92 Å². The molecule has 0 spiro atoms. The normalized spacial score (nSPS) is 22.1. The van der Waals surface area contributed by atoms with Gasteiger partial charge < -0.3 is 9.84 Å². The zero-order valence-corrected chi connectivity index (χ0v) is 9.98. The molecule has 6 heteroatoms. The Bertz CT molecular complexity index is 453. The highest BCUT2D eigenvalue weighted by molar-refractivity contribution is 5.75. The number of benzene rings is 1. The first kappa shape index (κ1) is 13.7. The fourth-order valence-electron chi connectivity index (χ4n) is 1.93. The molecule has 104 valence electrons. The molecule has 2 rings (SSSR count). The van der Waals surface area contributed by atoms with Gasteiger partial charge in [-0.3, -0.25) is 4.79 Å². The van der Waals surface area contributed by atoms with Crippen LogP contribution < -0.4 is 4.74 Å². The lowest BCUT2D eigenvalue weighted by Crippen LogP contribution is -2.12. The van der Waals surface area contributed by atoms with Gasteiger partial charge in [0.1, 0.15) is 5.75 Å². The largest absolute Gasteiger partial charge is 0.493 e. The molecule has 0 bridgehead atoms. The second-order valence-corrected chi connectivity index (χ2v) is 4.57. The van der Waals surface area contributed by atoms with Crippen LogP contribution in [0.5, 0.6) is 5.75 Å². The molecule has 1 aromatic carbocycles. The van der Waals surface area contributed by atoms with E-state index in [1.807, 2.05) is 0 Å². The topological polar surface area (TPSA) is 46.5 Å². The summed E-state index contributed by atoms with van der Waals surface area (Å²) in [7, 11) is 0. The number of aliphatic carboxylic acids is 1. The van der Waals surface area contributed by atoms with E-state index in [9.17, 15) is 18.0 Å². The van der Waals surface area contributed by atoms with Gasteiger partial charge in [0, 0.05) is 0 Å². The molecule has 1 N–H and O–H groups in total. The summed E-state index contributed by atoms with van der Waals surface area (Å²) in [6.45, 7) is -0.413. The summed E-state index contributed by atoms with van der Waals surface area (Å²) in [4.78, 5) is 10.7. The van der Waals surface area contributed by atoms with Crippen molar-refractivity contribution in [2.45, 2.75) is 24.9 Å². The molecule has 1 aliphatic carbocycles. The molecule has 1 aromatic rings. The zero-order chi connectivity index (χ0) is 14.0. The predicted molar refractivity (Wildman–Crippen MR) is 61.1 cm³/mol. The lowest BCUT2D eigenvalue weighted by Gasteiger charge is -2.09. The summed E-state index contributed by atoms with van der Waals surface area (Å²) in [5, 5.41) is 8.80. The van der Waals surface area contributed by atoms with Crippen LogP contribution in [0, 0.1) is 5.92 Å². The van der Waals surface area contributed by atoms with Crippen molar-refractivity contribution >= 4 is 5.97 Å². The van der Waals surface area contributed by atoms with E-state index in [1.54, 1.807) is 24.3 Å². The van der Waals surface area contributed by atoms with Crippen LogP contribution in [0.25, 0.3) is 0 Å². The van der Waals surface area contributed by atoms with Crippen LogP contribution in [0.4, 0.5) is 13.2 Å². The van der Waals surface area contributed by atoms with Gasteiger partial charge in [-0.25, -0.2) is 0 Å². The average Bonchev–Trinajstić information content (AvgIpc) is 3.08. The maximum absolute atomic E-state index is 11.9. The summed E-state index contributed by atoms with van der Waals surface area (Å²) >= 11 is 0. The van der Waals surface area contributed by atoms with Gasteiger partial charge in [-0.05, 0) is 30.0 Å². The van der Waals surface area contributed by atoms with E-state index in [-0.39, 0.29) is 11.8 Å². The van der Waals surface area contributed by atoms with Crippen LogP contribution in [0.15, 0.2) is 24.3 Å². The number of carboxylic acids is 1. The third-order valence-electron chi connectivity index (χ3n) is 3.07. The minimum Gasteiger partial charge on any atom is -0.493 e. The van der Waals surface area contributed by atoms with Gasteiger partial charge in [0.2, 0.25) is 0 Å². The minimum absolute atomic E-state index is 0.0155. The van der Waals surface area contributed by atoms with E-state index in [0.717, 1.165) is 5.56 Å². The van der Waals surface area contributed by atoms with Crippen molar-refractivity contribution < 1.29 is 27.8 Å². The number of halogens is 3.